The predicted molar refractivity (Wildman–Crippen MR) is 107 cm³/mol. The molecule has 142 valence electrons. The van der Waals surface area contributed by atoms with Gasteiger partial charge in [-0.25, -0.2) is 0 Å². The summed E-state index contributed by atoms with van der Waals surface area (Å²) >= 11 is 0. The molecule has 3 rings (SSSR count). The van der Waals surface area contributed by atoms with Crippen LogP contribution in [0.15, 0.2) is 48.5 Å². The van der Waals surface area contributed by atoms with Crippen molar-refractivity contribution in [1.29, 1.82) is 0 Å². The number of carbonyl (C=O) groups excluding carboxylic acids is 2. The number of nitrogens with one attached hydrogen (secondary N) is 1. The summed E-state index contributed by atoms with van der Waals surface area (Å²) in [5.74, 6) is -0.629. The topological polar surface area (TPSA) is 75.4 Å². The molecule has 0 bridgehead atoms. The molecule has 1 fully saturated rings. The maximum absolute atomic E-state index is 12.9. The van der Waals surface area contributed by atoms with E-state index >= 15 is 0 Å². The van der Waals surface area contributed by atoms with Crippen LogP contribution in [0.3, 0.4) is 0 Å². The Hall–Kier alpha value is -2.66. The summed E-state index contributed by atoms with van der Waals surface area (Å²) in [4.78, 5) is 27.6. The van der Waals surface area contributed by atoms with Crippen molar-refractivity contribution in [2.24, 2.45) is 11.7 Å². The number of amides is 2. The second-order valence-corrected chi connectivity index (χ2v) is 7.21. The van der Waals surface area contributed by atoms with Gasteiger partial charge in [0.25, 0.3) is 5.91 Å². The lowest BCUT2D eigenvalue weighted by atomic mass is 9.94. The average Bonchev–Trinajstić information content (AvgIpc) is 3.22. The highest BCUT2D eigenvalue weighted by Crippen LogP contribution is 2.26. The van der Waals surface area contributed by atoms with Crippen LogP contribution in [0.25, 0.3) is 0 Å². The van der Waals surface area contributed by atoms with E-state index in [2.05, 4.69) is 5.32 Å². The molecule has 0 aliphatic carbocycles. The highest BCUT2D eigenvalue weighted by atomic mass is 16.2. The first-order chi connectivity index (χ1) is 13.0. The summed E-state index contributed by atoms with van der Waals surface area (Å²) in [6, 6.07) is 14.7. The molecule has 0 radical (unpaired) electrons. The van der Waals surface area contributed by atoms with E-state index in [0.717, 1.165) is 37.1 Å². The lowest BCUT2D eigenvalue weighted by Gasteiger charge is -2.23. The fourth-order valence-corrected chi connectivity index (χ4v) is 3.51. The van der Waals surface area contributed by atoms with Gasteiger partial charge in [-0.05, 0) is 37.0 Å². The summed E-state index contributed by atoms with van der Waals surface area (Å²) in [5, 5.41) is 2.94. The third kappa shape index (κ3) is 4.19. The van der Waals surface area contributed by atoms with Crippen molar-refractivity contribution in [3.05, 3.63) is 65.2 Å². The van der Waals surface area contributed by atoms with Gasteiger partial charge in [-0.3, -0.25) is 9.59 Å². The van der Waals surface area contributed by atoms with E-state index in [0.29, 0.717) is 11.3 Å². The van der Waals surface area contributed by atoms with Gasteiger partial charge in [0, 0.05) is 19.1 Å². The molecule has 1 aliphatic heterocycles. The molecular formula is C22H27N3O2. The lowest BCUT2D eigenvalue weighted by molar-refractivity contribution is -0.120. The number of benzene rings is 2. The lowest BCUT2D eigenvalue weighted by Crippen LogP contribution is -2.32. The molecule has 27 heavy (non-hydrogen) atoms. The van der Waals surface area contributed by atoms with Crippen LogP contribution >= 0.6 is 0 Å². The summed E-state index contributed by atoms with van der Waals surface area (Å²) in [6.45, 7) is 5.26. The molecule has 2 aromatic rings. The summed E-state index contributed by atoms with van der Waals surface area (Å²) in [7, 11) is 0. The molecule has 2 unspecified atom stereocenters. The van der Waals surface area contributed by atoms with E-state index in [-0.39, 0.29) is 11.8 Å². The maximum Gasteiger partial charge on any atom is 0.256 e. The number of carbonyl (C=O) groups is 2. The van der Waals surface area contributed by atoms with E-state index in [1.165, 1.54) is 0 Å². The monoisotopic (exact) mass is 365 g/mol. The number of rotatable bonds is 5. The summed E-state index contributed by atoms with van der Waals surface area (Å²) in [5.41, 5.74) is 9.20. The highest BCUT2D eigenvalue weighted by molar-refractivity contribution is 6.05. The van der Waals surface area contributed by atoms with Crippen molar-refractivity contribution in [3.8, 4) is 0 Å². The van der Waals surface area contributed by atoms with Crippen molar-refractivity contribution >= 4 is 17.5 Å². The number of anilines is 1. The van der Waals surface area contributed by atoms with Crippen LogP contribution in [0.4, 0.5) is 5.69 Å². The van der Waals surface area contributed by atoms with Gasteiger partial charge in [0.15, 0.2) is 0 Å². The first kappa shape index (κ1) is 19.1. The first-order valence-corrected chi connectivity index (χ1v) is 9.49. The third-order valence-corrected chi connectivity index (χ3v) is 5.27. The Morgan fingerprint density at radius 3 is 2.37 bits per heavy atom. The summed E-state index contributed by atoms with van der Waals surface area (Å²) in [6.07, 6.45) is 2.06. The second kappa shape index (κ2) is 8.35. The minimum atomic E-state index is -0.428. The van der Waals surface area contributed by atoms with Gasteiger partial charge in [-0.1, -0.05) is 49.4 Å². The number of hydrogen-bond acceptors (Lipinski definition) is 3. The van der Waals surface area contributed by atoms with Crippen LogP contribution in [-0.4, -0.2) is 29.8 Å². The first-order valence-electron chi connectivity index (χ1n) is 9.49. The molecular weight excluding hydrogens is 338 g/mol. The van der Waals surface area contributed by atoms with E-state index < -0.39 is 12.0 Å². The Labute approximate surface area is 160 Å². The zero-order chi connectivity index (χ0) is 19.4. The number of nitrogens with zero attached hydrogens (tertiary/aromatic N) is 1. The number of hydrogen-bond donors (Lipinski definition) is 2. The SMILES string of the molecule is Cc1cccc(NC(=O)C(C)C(N)c2ccccc2)c1C(=O)N1CCCC1. The number of aryl methyl sites for hydroxylation is 1. The molecule has 1 aliphatic rings. The normalized spacial score (nSPS) is 16.0. The molecule has 2 aromatic carbocycles. The zero-order valence-corrected chi connectivity index (χ0v) is 15.9. The molecule has 3 N–H and O–H groups in total. The smallest absolute Gasteiger partial charge is 0.256 e. The molecule has 0 spiro atoms. The van der Waals surface area contributed by atoms with E-state index in [1.807, 2.05) is 61.2 Å². The van der Waals surface area contributed by atoms with Crippen molar-refractivity contribution in [1.82, 2.24) is 4.90 Å². The zero-order valence-electron chi connectivity index (χ0n) is 15.9. The Morgan fingerprint density at radius 2 is 1.70 bits per heavy atom. The van der Waals surface area contributed by atoms with Crippen LogP contribution in [0.5, 0.6) is 0 Å². The number of nitrogens with two attached hydrogens (primary N) is 1. The van der Waals surface area contributed by atoms with Crippen molar-refractivity contribution in [3.63, 3.8) is 0 Å². The Morgan fingerprint density at radius 1 is 1.04 bits per heavy atom. The molecule has 5 heteroatoms. The van der Waals surface area contributed by atoms with E-state index in [9.17, 15) is 9.59 Å². The highest BCUT2D eigenvalue weighted by Gasteiger charge is 2.26. The van der Waals surface area contributed by atoms with E-state index in [1.54, 1.807) is 6.07 Å². The van der Waals surface area contributed by atoms with Crippen LogP contribution in [0, 0.1) is 12.8 Å². The van der Waals surface area contributed by atoms with E-state index in [4.69, 9.17) is 5.73 Å². The number of likely N-dealkylation sites (tertiary alicyclic amines) is 1. The largest absolute Gasteiger partial charge is 0.339 e. The van der Waals surface area contributed by atoms with Gasteiger partial charge in [0.1, 0.15) is 0 Å². The Bertz CT molecular complexity index is 814. The molecule has 2 amide bonds. The molecule has 5 nitrogen and oxygen atoms in total. The van der Waals surface area contributed by atoms with Gasteiger partial charge < -0.3 is 16.0 Å². The third-order valence-electron chi connectivity index (χ3n) is 5.27. The Balaban J connectivity index is 1.79. The van der Waals surface area contributed by atoms with Crippen LogP contribution < -0.4 is 11.1 Å². The van der Waals surface area contributed by atoms with Crippen LogP contribution in [-0.2, 0) is 4.79 Å². The molecule has 2 atom stereocenters. The molecule has 0 aromatic heterocycles. The minimum Gasteiger partial charge on any atom is -0.339 e. The fraction of sp³-hybridized carbons (Fsp3) is 0.364. The van der Waals surface area contributed by atoms with Gasteiger partial charge in [-0.15, -0.1) is 0 Å². The second-order valence-electron chi connectivity index (χ2n) is 7.21. The predicted octanol–water partition coefficient (Wildman–Crippen LogP) is 3.51. The van der Waals surface area contributed by atoms with Crippen molar-refractivity contribution in [2.45, 2.75) is 32.7 Å². The molecule has 0 saturated carbocycles. The summed E-state index contributed by atoms with van der Waals surface area (Å²) < 4.78 is 0. The van der Waals surface area contributed by atoms with Gasteiger partial charge in [-0.2, -0.15) is 0 Å². The van der Waals surface area contributed by atoms with Gasteiger partial charge in [0.2, 0.25) is 5.91 Å². The standard InChI is InChI=1S/C22H27N3O2/c1-15-9-8-12-18(19(15)22(27)25-13-6-7-14-25)24-21(26)16(2)20(23)17-10-4-3-5-11-17/h3-5,8-12,16,20H,6-7,13-14,23H2,1-2H3,(H,24,26). The van der Waals surface area contributed by atoms with Gasteiger partial charge in [0.05, 0.1) is 17.2 Å². The Kier molecular flexibility index (Phi) is 5.91. The van der Waals surface area contributed by atoms with Gasteiger partial charge >= 0.3 is 0 Å². The molecule has 1 saturated heterocycles. The van der Waals surface area contributed by atoms with Crippen LogP contribution in [0.1, 0.15) is 47.3 Å². The quantitative estimate of drug-likeness (QED) is 0.851. The van der Waals surface area contributed by atoms with Crippen molar-refractivity contribution < 1.29 is 9.59 Å². The average molecular weight is 365 g/mol. The van der Waals surface area contributed by atoms with Crippen molar-refractivity contribution in [2.75, 3.05) is 18.4 Å². The fourth-order valence-electron chi connectivity index (χ4n) is 3.51. The minimum absolute atomic E-state index is 0.0130. The maximum atomic E-state index is 12.9. The van der Waals surface area contributed by atoms with Crippen LogP contribution in [0.2, 0.25) is 0 Å². The molecule has 1 heterocycles.